The third-order valence-corrected chi connectivity index (χ3v) is 2.54. The molecule has 1 heterocycles. The zero-order valence-corrected chi connectivity index (χ0v) is 11.3. The van der Waals surface area contributed by atoms with Gasteiger partial charge in [0.15, 0.2) is 5.69 Å². The molecular weight excluding hydrogens is 242 g/mol. The molecule has 5 heteroatoms. The fourth-order valence-corrected chi connectivity index (χ4v) is 1.78. The van der Waals surface area contributed by atoms with Crippen molar-refractivity contribution < 1.29 is 9.32 Å². The Bertz CT molecular complexity index is 576. The molecule has 100 valence electrons. The largest absolute Gasteiger partial charge is 0.361 e. The molecule has 5 nitrogen and oxygen atoms in total. The summed E-state index contributed by atoms with van der Waals surface area (Å²) in [6.45, 7) is 2.58. The normalized spacial score (nSPS) is 10.7. The number of aryl methyl sites for hydroxylation is 1. The number of carbonyl (C=O) groups is 1. The number of nitrogens with one attached hydrogen (secondary N) is 1. The molecule has 0 unspecified atom stereocenters. The maximum Gasteiger partial charge on any atom is 0.277 e. The van der Waals surface area contributed by atoms with Gasteiger partial charge in [0.25, 0.3) is 5.91 Å². The summed E-state index contributed by atoms with van der Waals surface area (Å²) in [5, 5.41) is 6.49. The van der Waals surface area contributed by atoms with Crippen LogP contribution < -0.4 is 5.32 Å². The first-order valence-corrected chi connectivity index (χ1v) is 6.03. The number of rotatable bonds is 4. The number of nitrogens with zero attached hydrogens (tertiary/aromatic N) is 2. The number of amides is 1. The van der Waals surface area contributed by atoms with E-state index in [1.807, 2.05) is 38.4 Å². The van der Waals surface area contributed by atoms with E-state index in [0.29, 0.717) is 5.76 Å². The molecule has 0 atom stereocenters. The van der Waals surface area contributed by atoms with Gasteiger partial charge >= 0.3 is 0 Å². The smallest absolute Gasteiger partial charge is 0.277 e. The minimum absolute atomic E-state index is 0.265. The predicted octanol–water partition coefficient (Wildman–Crippen LogP) is 2.30. The van der Waals surface area contributed by atoms with Gasteiger partial charge in [-0.1, -0.05) is 17.3 Å². The van der Waals surface area contributed by atoms with Crippen molar-refractivity contribution in [3.05, 3.63) is 47.3 Å². The Kier molecular flexibility index (Phi) is 3.97. The van der Waals surface area contributed by atoms with Gasteiger partial charge in [-0.3, -0.25) is 4.79 Å². The average Bonchev–Trinajstić information content (AvgIpc) is 2.75. The van der Waals surface area contributed by atoms with Crippen LogP contribution in [-0.4, -0.2) is 30.1 Å². The number of benzene rings is 1. The highest BCUT2D eigenvalue weighted by atomic mass is 16.5. The van der Waals surface area contributed by atoms with Crippen LogP contribution in [0.2, 0.25) is 0 Å². The van der Waals surface area contributed by atoms with Crippen LogP contribution in [0.25, 0.3) is 0 Å². The summed E-state index contributed by atoms with van der Waals surface area (Å²) in [6.07, 6.45) is 0. The van der Waals surface area contributed by atoms with Crippen LogP contribution in [0, 0.1) is 6.92 Å². The monoisotopic (exact) mass is 259 g/mol. The van der Waals surface area contributed by atoms with Crippen LogP contribution in [0.3, 0.4) is 0 Å². The molecule has 0 fully saturated rings. The van der Waals surface area contributed by atoms with Gasteiger partial charge in [-0.15, -0.1) is 0 Å². The lowest BCUT2D eigenvalue weighted by molar-refractivity contribution is 0.101. The van der Waals surface area contributed by atoms with Gasteiger partial charge in [0.05, 0.1) is 0 Å². The van der Waals surface area contributed by atoms with Gasteiger partial charge in [0.2, 0.25) is 0 Å². The lowest BCUT2D eigenvalue weighted by atomic mass is 10.2. The Hall–Kier alpha value is -2.14. The van der Waals surface area contributed by atoms with E-state index in [2.05, 4.69) is 15.4 Å². The Balaban J connectivity index is 2.08. The second-order valence-electron chi connectivity index (χ2n) is 4.72. The van der Waals surface area contributed by atoms with Gasteiger partial charge in [-0.25, -0.2) is 0 Å². The Labute approximate surface area is 112 Å². The number of aromatic nitrogens is 1. The van der Waals surface area contributed by atoms with Crippen LogP contribution in [0.15, 0.2) is 34.9 Å². The molecule has 0 spiro atoms. The Morgan fingerprint density at radius 3 is 2.79 bits per heavy atom. The molecule has 0 bridgehead atoms. The third-order valence-electron chi connectivity index (χ3n) is 2.54. The van der Waals surface area contributed by atoms with Crippen molar-refractivity contribution in [1.82, 2.24) is 10.1 Å². The van der Waals surface area contributed by atoms with Gasteiger partial charge in [-0.2, -0.15) is 0 Å². The summed E-state index contributed by atoms with van der Waals surface area (Å²) in [6, 6.07) is 9.35. The van der Waals surface area contributed by atoms with Crippen LogP contribution in [0.1, 0.15) is 21.8 Å². The summed E-state index contributed by atoms with van der Waals surface area (Å²) in [5.74, 6) is 0.352. The molecular formula is C14H17N3O2. The van der Waals surface area contributed by atoms with Crippen molar-refractivity contribution >= 4 is 11.6 Å². The lowest BCUT2D eigenvalue weighted by Crippen LogP contribution is -2.13. The quantitative estimate of drug-likeness (QED) is 0.915. The van der Waals surface area contributed by atoms with E-state index in [0.717, 1.165) is 17.8 Å². The molecule has 0 aliphatic carbocycles. The molecule has 0 saturated heterocycles. The second kappa shape index (κ2) is 5.67. The SMILES string of the molecule is Cc1cc(C(=O)Nc2cccc(CN(C)C)c2)no1. The number of hydrogen-bond donors (Lipinski definition) is 1. The average molecular weight is 259 g/mol. The van der Waals surface area contributed by atoms with Crippen LogP contribution in [0.5, 0.6) is 0 Å². The maximum absolute atomic E-state index is 11.9. The second-order valence-corrected chi connectivity index (χ2v) is 4.72. The highest BCUT2D eigenvalue weighted by Crippen LogP contribution is 2.13. The summed E-state index contributed by atoms with van der Waals surface area (Å²) >= 11 is 0. The Morgan fingerprint density at radius 2 is 2.16 bits per heavy atom. The fourth-order valence-electron chi connectivity index (χ4n) is 1.78. The highest BCUT2D eigenvalue weighted by molar-refractivity contribution is 6.02. The minimum atomic E-state index is -0.265. The highest BCUT2D eigenvalue weighted by Gasteiger charge is 2.11. The van der Waals surface area contributed by atoms with Crippen LogP contribution >= 0.6 is 0 Å². The van der Waals surface area contributed by atoms with Crippen molar-refractivity contribution in [2.75, 3.05) is 19.4 Å². The predicted molar refractivity (Wildman–Crippen MR) is 73.0 cm³/mol. The lowest BCUT2D eigenvalue weighted by Gasteiger charge is -2.11. The van der Waals surface area contributed by atoms with Crippen molar-refractivity contribution in [3.8, 4) is 0 Å². The zero-order valence-electron chi connectivity index (χ0n) is 11.3. The third kappa shape index (κ3) is 3.66. The molecule has 1 aromatic heterocycles. The van der Waals surface area contributed by atoms with Crippen molar-refractivity contribution in [3.63, 3.8) is 0 Å². The first-order chi connectivity index (χ1) is 9.04. The molecule has 0 radical (unpaired) electrons. The standard InChI is InChI=1S/C14H17N3O2/c1-10-7-13(16-19-10)14(18)15-12-6-4-5-11(8-12)9-17(2)3/h4-8H,9H2,1-3H3,(H,15,18). The van der Waals surface area contributed by atoms with E-state index in [1.54, 1.807) is 13.0 Å². The summed E-state index contributed by atoms with van der Waals surface area (Å²) in [7, 11) is 4.01. The summed E-state index contributed by atoms with van der Waals surface area (Å²) < 4.78 is 4.88. The van der Waals surface area contributed by atoms with E-state index in [1.165, 1.54) is 0 Å². The van der Waals surface area contributed by atoms with E-state index >= 15 is 0 Å². The Morgan fingerprint density at radius 1 is 1.37 bits per heavy atom. The molecule has 1 amide bonds. The van der Waals surface area contributed by atoms with Gasteiger partial charge < -0.3 is 14.7 Å². The van der Waals surface area contributed by atoms with Crippen molar-refractivity contribution in [2.24, 2.45) is 0 Å². The fraction of sp³-hybridized carbons (Fsp3) is 0.286. The molecule has 0 aliphatic heterocycles. The summed E-state index contributed by atoms with van der Waals surface area (Å²) in [4.78, 5) is 14.0. The van der Waals surface area contributed by atoms with E-state index in [-0.39, 0.29) is 11.6 Å². The minimum Gasteiger partial charge on any atom is -0.361 e. The topological polar surface area (TPSA) is 58.4 Å². The van der Waals surface area contributed by atoms with E-state index in [9.17, 15) is 4.79 Å². The first-order valence-electron chi connectivity index (χ1n) is 6.03. The number of anilines is 1. The van der Waals surface area contributed by atoms with E-state index in [4.69, 9.17) is 4.52 Å². The van der Waals surface area contributed by atoms with Gasteiger partial charge in [0, 0.05) is 18.3 Å². The molecule has 1 aromatic carbocycles. The van der Waals surface area contributed by atoms with Crippen LogP contribution in [-0.2, 0) is 6.54 Å². The van der Waals surface area contributed by atoms with E-state index < -0.39 is 0 Å². The molecule has 2 rings (SSSR count). The molecule has 1 N–H and O–H groups in total. The van der Waals surface area contributed by atoms with Gasteiger partial charge in [0.1, 0.15) is 5.76 Å². The molecule has 2 aromatic rings. The molecule has 0 aliphatic rings. The van der Waals surface area contributed by atoms with Gasteiger partial charge in [-0.05, 0) is 38.7 Å². The van der Waals surface area contributed by atoms with Crippen molar-refractivity contribution in [1.29, 1.82) is 0 Å². The number of hydrogen-bond acceptors (Lipinski definition) is 4. The molecule has 19 heavy (non-hydrogen) atoms. The van der Waals surface area contributed by atoms with Crippen molar-refractivity contribution in [2.45, 2.75) is 13.5 Å². The summed E-state index contributed by atoms with van der Waals surface area (Å²) in [5.41, 5.74) is 2.18. The zero-order chi connectivity index (χ0) is 13.8. The maximum atomic E-state index is 11.9. The first kappa shape index (κ1) is 13.3. The van der Waals surface area contributed by atoms with Crippen LogP contribution in [0.4, 0.5) is 5.69 Å². The number of carbonyl (C=O) groups excluding carboxylic acids is 1. The molecule has 0 saturated carbocycles.